The van der Waals surface area contributed by atoms with E-state index in [0.29, 0.717) is 23.8 Å². The van der Waals surface area contributed by atoms with Crippen LogP contribution in [0.25, 0.3) is 0 Å². The molecule has 30 heavy (non-hydrogen) atoms. The van der Waals surface area contributed by atoms with Crippen molar-refractivity contribution in [2.24, 2.45) is 0 Å². The van der Waals surface area contributed by atoms with Crippen LogP contribution in [0, 0.1) is 0 Å². The zero-order chi connectivity index (χ0) is 20.9. The fraction of sp³-hybridized carbons (Fsp3) is 0.238. The van der Waals surface area contributed by atoms with Crippen LogP contribution in [0.4, 0.5) is 10.8 Å². The molecule has 1 aliphatic rings. The van der Waals surface area contributed by atoms with E-state index in [2.05, 4.69) is 15.5 Å². The number of carbonyl (C=O) groups is 2. The molecule has 7 nitrogen and oxygen atoms in total. The van der Waals surface area contributed by atoms with Gasteiger partial charge in [-0.15, -0.1) is 22.0 Å². The normalized spacial score (nSPS) is 16.0. The molecule has 9 heteroatoms. The molecule has 0 bridgehead atoms. The average Bonchev–Trinajstić information content (AvgIpc) is 3.39. The monoisotopic (exact) mass is 440 g/mol. The van der Waals surface area contributed by atoms with Gasteiger partial charge in [0.1, 0.15) is 10.8 Å². The van der Waals surface area contributed by atoms with E-state index in [1.54, 1.807) is 12.0 Å². The number of carbonyl (C=O) groups excluding carboxylic acids is 2. The van der Waals surface area contributed by atoms with Gasteiger partial charge in [0.2, 0.25) is 16.9 Å². The van der Waals surface area contributed by atoms with Crippen LogP contribution >= 0.6 is 23.1 Å². The van der Waals surface area contributed by atoms with Crippen molar-refractivity contribution >= 4 is 45.7 Å². The van der Waals surface area contributed by atoms with E-state index in [0.717, 1.165) is 21.3 Å². The van der Waals surface area contributed by atoms with Crippen LogP contribution in [-0.4, -0.2) is 41.4 Å². The van der Waals surface area contributed by atoms with Crippen LogP contribution < -0.4 is 15.0 Å². The molecule has 4 rings (SSSR count). The Morgan fingerprint density at radius 3 is 2.70 bits per heavy atom. The molecule has 1 N–H and O–H groups in total. The number of benzene rings is 2. The van der Waals surface area contributed by atoms with E-state index in [-0.39, 0.29) is 17.7 Å². The molecule has 1 saturated heterocycles. The lowest BCUT2D eigenvalue weighted by molar-refractivity contribution is -0.117. The Labute approximate surface area is 182 Å². The number of nitrogens with one attached hydrogen (secondary N) is 1. The number of hydrogen-bond donors (Lipinski definition) is 1. The maximum atomic E-state index is 12.5. The molecule has 0 aliphatic carbocycles. The van der Waals surface area contributed by atoms with Crippen LogP contribution in [0.15, 0.2) is 59.5 Å². The predicted molar refractivity (Wildman–Crippen MR) is 118 cm³/mol. The third-order valence-corrected chi connectivity index (χ3v) is 6.67. The Morgan fingerprint density at radius 1 is 1.20 bits per heavy atom. The standard InChI is InChI=1S/C21H20N4O3S2/c1-28-16-9-7-15(8-10-16)25-12-14(11-19(25)27)20-23-24-21(30-20)22-18(26)13-29-17-5-3-2-4-6-17/h2-10,14H,11-13H2,1H3,(H,22,24,26)/t14-/m1/s1. The van der Waals surface area contributed by atoms with Crippen molar-refractivity contribution in [1.82, 2.24) is 10.2 Å². The predicted octanol–water partition coefficient (Wildman–Crippen LogP) is 3.80. The first kappa shape index (κ1) is 20.4. The van der Waals surface area contributed by atoms with Crippen molar-refractivity contribution in [2.45, 2.75) is 17.2 Å². The molecule has 0 saturated carbocycles. The number of aromatic nitrogens is 2. The SMILES string of the molecule is COc1ccc(N2C[C@H](c3nnc(NC(=O)CSc4ccccc4)s3)CC2=O)cc1. The summed E-state index contributed by atoms with van der Waals surface area (Å²) in [5.41, 5.74) is 0.833. The van der Waals surface area contributed by atoms with E-state index in [1.807, 2.05) is 54.6 Å². The molecule has 3 aromatic rings. The molecule has 0 unspecified atom stereocenters. The van der Waals surface area contributed by atoms with Gasteiger partial charge >= 0.3 is 0 Å². The van der Waals surface area contributed by atoms with Crippen molar-refractivity contribution < 1.29 is 14.3 Å². The Kier molecular flexibility index (Phi) is 6.29. The summed E-state index contributed by atoms with van der Waals surface area (Å²) in [4.78, 5) is 27.5. The molecule has 1 aromatic heterocycles. The van der Waals surface area contributed by atoms with Gasteiger partial charge in [-0.3, -0.25) is 14.9 Å². The average molecular weight is 441 g/mol. The summed E-state index contributed by atoms with van der Waals surface area (Å²) in [6, 6.07) is 17.2. The lowest BCUT2D eigenvalue weighted by atomic mass is 10.1. The summed E-state index contributed by atoms with van der Waals surface area (Å²) < 4.78 is 5.17. The van der Waals surface area contributed by atoms with Gasteiger partial charge in [-0.2, -0.15) is 0 Å². The fourth-order valence-electron chi connectivity index (χ4n) is 3.16. The fourth-order valence-corrected chi connectivity index (χ4v) is 4.73. The Hall–Kier alpha value is -2.91. The number of nitrogens with zero attached hydrogens (tertiary/aromatic N) is 3. The van der Waals surface area contributed by atoms with Gasteiger partial charge < -0.3 is 9.64 Å². The second-order valence-corrected chi connectivity index (χ2v) is 8.76. The highest BCUT2D eigenvalue weighted by molar-refractivity contribution is 8.00. The second-order valence-electron chi connectivity index (χ2n) is 6.70. The van der Waals surface area contributed by atoms with Crippen LogP contribution in [-0.2, 0) is 9.59 Å². The molecule has 0 spiro atoms. The number of thioether (sulfide) groups is 1. The largest absolute Gasteiger partial charge is 0.497 e. The Balaban J connectivity index is 1.34. The van der Waals surface area contributed by atoms with Crippen molar-refractivity contribution in [3.05, 3.63) is 59.6 Å². The third kappa shape index (κ3) is 4.80. The third-order valence-electron chi connectivity index (χ3n) is 4.66. The number of anilines is 2. The highest BCUT2D eigenvalue weighted by Crippen LogP contribution is 2.34. The van der Waals surface area contributed by atoms with Gasteiger partial charge in [0, 0.05) is 29.5 Å². The van der Waals surface area contributed by atoms with Crippen molar-refractivity contribution in [2.75, 3.05) is 29.6 Å². The molecular weight excluding hydrogens is 420 g/mol. The molecule has 0 radical (unpaired) electrons. The second kappa shape index (κ2) is 9.27. The van der Waals surface area contributed by atoms with Gasteiger partial charge in [0.05, 0.1) is 12.9 Å². The summed E-state index contributed by atoms with van der Waals surface area (Å²) in [5.74, 6) is 0.920. The van der Waals surface area contributed by atoms with Gasteiger partial charge in [0.15, 0.2) is 0 Å². The first-order chi connectivity index (χ1) is 14.6. The van der Waals surface area contributed by atoms with Crippen LogP contribution in [0.2, 0.25) is 0 Å². The molecule has 154 valence electrons. The maximum absolute atomic E-state index is 12.5. The number of amides is 2. The molecular formula is C21H20N4O3S2. The van der Waals surface area contributed by atoms with E-state index in [9.17, 15) is 9.59 Å². The molecule has 1 atom stereocenters. The number of rotatable bonds is 7. The molecule has 2 amide bonds. The smallest absolute Gasteiger partial charge is 0.236 e. The highest BCUT2D eigenvalue weighted by atomic mass is 32.2. The number of methoxy groups -OCH3 is 1. The van der Waals surface area contributed by atoms with E-state index in [4.69, 9.17) is 4.74 Å². The minimum atomic E-state index is -0.131. The number of ether oxygens (including phenoxy) is 1. The lowest BCUT2D eigenvalue weighted by Gasteiger charge is -2.16. The van der Waals surface area contributed by atoms with Crippen molar-refractivity contribution in [1.29, 1.82) is 0 Å². The van der Waals surface area contributed by atoms with E-state index < -0.39 is 0 Å². The summed E-state index contributed by atoms with van der Waals surface area (Å²) in [7, 11) is 1.61. The van der Waals surface area contributed by atoms with Crippen LogP contribution in [0.5, 0.6) is 5.75 Å². The zero-order valence-electron chi connectivity index (χ0n) is 16.3. The molecule has 2 heterocycles. The first-order valence-electron chi connectivity index (χ1n) is 9.38. The summed E-state index contributed by atoms with van der Waals surface area (Å²) in [6.07, 6.45) is 0.373. The van der Waals surface area contributed by atoms with Crippen LogP contribution in [0.1, 0.15) is 17.3 Å². The summed E-state index contributed by atoms with van der Waals surface area (Å²) >= 11 is 2.79. The van der Waals surface area contributed by atoms with Gasteiger partial charge in [-0.1, -0.05) is 29.5 Å². The quantitative estimate of drug-likeness (QED) is 0.563. The van der Waals surface area contributed by atoms with Gasteiger partial charge in [-0.05, 0) is 36.4 Å². The topological polar surface area (TPSA) is 84.4 Å². The van der Waals surface area contributed by atoms with E-state index in [1.165, 1.54) is 23.1 Å². The van der Waals surface area contributed by atoms with Gasteiger partial charge in [-0.25, -0.2) is 0 Å². The van der Waals surface area contributed by atoms with Crippen molar-refractivity contribution in [3.8, 4) is 5.75 Å². The zero-order valence-corrected chi connectivity index (χ0v) is 17.9. The molecule has 2 aromatic carbocycles. The lowest BCUT2D eigenvalue weighted by Crippen LogP contribution is -2.24. The van der Waals surface area contributed by atoms with Gasteiger partial charge in [0.25, 0.3) is 0 Å². The Morgan fingerprint density at radius 2 is 1.97 bits per heavy atom. The van der Waals surface area contributed by atoms with Crippen molar-refractivity contribution in [3.63, 3.8) is 0 Å². The minimum absolute atomic E-state index is 0.0403. The first-order valence-corrected chi connectivity index (χ1v) is 11.2. The molecule has 1 fully saturated rings. The molecule has 1 aliphatic heterocycles. The maximum Gasteiger partial charge on any atom is 0.236 e. The summed E-state index contributed by atoms with van der Waals surface area (Å²) in [5, 5.41) is 12.3. The minimum Gasteiger partial charge on any atom is -0.497 e. The highest BCUT2D eigenvalue weighted by Gasteiger charge is 2.34. The summed E-state index contributed by atoms with van der Waals surface area (Å²) in [6.45, 7) is 0.539. The van der Waals surface area contributed by atoms with Crippen LogP contribution in [0.3, 0.4) is 0 Å². The Bertz CT molecular complexity index is 1020. The van der Waals surface area contributed by atoms with E-state index >= 15 is 0 Å². The number of hydrogen-bond acceptors (Lipinski definition) is 7.